The Bertz CT molecular complexity index is 463. The van der Waals surface area contributed by atoms with E-state index in [1.807, 2.05) is 6.07 Å². The molecule has 3 nitrogen and oxygen atoms in total. The number of benzene rings is 1. The molecule has 5 heteroatoms. The first kappa shape index (κ1) is 13.3. The van der Waals surface area contributed by atoms with Gasteiger partial charge in [-0.25, -0.2) is 8.42 Å². The molecule has 0 saturated carbocycles. The maximum Gasteiger partial charge on any atom is 0.237 e. The van der Waals surface area contributed by atoms with Crippen LogP contribution in [0.1, 0.15) is 26.3 Å². The number of sulfonamides is 1. The van der Waals surface area contributed by atoms with Gasteiger partial charge in [0.25, 0.3) is 0 Å². The lowest BCUT2D eigenvalue weighted by molar-refractivity contribution is 0.566. The van der Waals surface area contributed by atoms with Gasteiger partial charge >= 0.3 is 0 Å². The van der Waals surface area contributed by atoms with Crippen molar-refractivity contribution in [3.05, 3.63) is 29.8 Å². The summed E-state index contributed by atoms with van der Waals surface area (Å²) in [5.41, 5.74) is 1.32. The summed E-state index contributed by atoms with van der Waals surface area (Å²) in [5.74, 6) is 0.281. The zero-order valence-corrected chi connectivity index (χ0v) is 11.2. The zero-order valence-electron chi connectivity index (χ0n) is 9.62. The Balaban J connectivity index is 3.06. The van der Waals surface area contributed by atoms with Crippen LogP contribution in [0.25, 0.3) is 0 Å². The Hall–Kier alpha value is -0.740. The molecule has 0 saturated heterocycles. The summed E-state index contributed by atoms with van der Waals surface area (Å²) < 4.78 is 25.6. The minimum Gasteiger partial charge on any atom is -0.283 e. The summed E-state index contributed by atoms with van der Waals surface area (Å²) in [4.78, 5) is 0. The third-order valence-corrected chi connectivity index (χ3v) is 4.60. The first-order chi connectivity index (χ1) is 7.28. The number of hydrogen-bond donors (Lipinski definition) is 1. The van der Waals surface area contributed by atoms with Gasteiger partial charge in [0, 0.05) is 5.88 Å². The molecular weight excluding hydrogens is 246 g/mol. The van der Waals surface area contributed by atoms with E-state index < -0.39 is 14.8 Å². The van der Waals surface area contributed by atoms with Crippen LogP contribution in [0.4, 0.5) is 5.69 Å². The molecule has 0 aromatic heterocycles. The molecule has 0 radical (unpaired) electrons. The Morgan fingerprint density at radius 2 is 1.81 bits per heavy atom. The molecule has 0 spiro atoms. The number of alkyl halides is 1. The van der Waals surface area contributed by atoms with Gasteiger partial charge in [-0.1, -0.05) is 18.2 Å². The van der Waals surface area contributed by atoms with Crippen molar-refractivity contribution in [3.8, 4) is 0 Å². The highest BCUT2D eigenvalue weighted by molar-refractivity contribution is 7.94. The Labute approximate surface area is 102 Å². The van der Waals surface area contributed by atoms with Crippen LogP contribution in [0.3, 0.4) is 0 Å². The molecule has 0 aliphatic carbocycles. The normalized spacial score (nSPS) is 12.5. The van der Waals surface area contributed by atoms with Crippen molar-refractivity contribution < 1.29 is 8.42 Å². The molecule has 0 aliphatic heterocycles. The van der Waals surface area contributed by atoms with Crippen LogP contribution in [0.5, 0.6) is 0 Å². The van der Waals surface area contributed by atoms with Crippen molar-refractivity contribution in [3.63, 3.8) is 0 Å². The molecule has 0 fully saturated rings. The Morgan fingerprint density at radius 1 is 1.25 bits per heavy atom. The van der Waals surface area contributed by atoms with Crippen molar-refractivity contribution in [2.45, 2.75) is 31.4 Å². The minimum atomic E-state index is -3.39. The molecule has 16 heavy (non-hydrogen) atoms. The van der Waals surface area contributed by atoms with E-state index in [2.05, 4.69) is 4.72 Å². The summed E-state index contributed by atoms with van der Waals surface area (Å²) in [6.07, 6.45) is 0. The van der Waals surface area contributed by atoms with Gasteiger partial charge in [0.05, 0.1) is 10.4 Å². The first-order valence-corrected chi connectivity index (χ1v) is 6.96. The fourth-order valence-electron chi connectivity index (χ4n) is 1.03. The van der Waals surface area contributed by atoms with Crippen LogP contribution < -0.4 is 4.72 Å². The summed E-state index contributed by atoms with van der Waals surface area (Å²) in [5, 5.41) is 0. The smallest absolute Gasteiger partial charge is 0.237 e. The monoisotopic (exact) mass is 261 g/mol. The quantitative estimate of drug-likeness (QED) is 0.851. The maximum absolute atomic E-state index is 11.9. The van der Waals surface area contributed by atoms with E-state index >= 15 is 0 Å². The van der Waals surface area contributed by atoms with Crippen molar-refractivity contribution in [1.29, 1.82) is 0 Å². The molecule has 0 aliphatic rings. The number of hydrogen-bond acceptors (Lipinski definition) is 2. The molecule has 1 aromatic carbocycles. The number of rotatable bonds is 3. The summed E-state index contributed by atoms with van der Waals surface area (Å²) in [6, 6.07) is 7.11. The number of anilines is 1. The molecule has 1 rings (SSSR count). The standard InChI is InChI=1S/C11H16ClNO2S/c1-11(2,3)16(14,15)13-10-7-5-4-6-9(10)8-12/h4-7,13H,8H2,1-3H3. The molecule has 1 N–H and O–H groups in total. The maximum atomic E-state index is 11.9. The topological polar surface area (TPSA) is 46.2 Å². The molecular formula is C11H16ClNO2S. The van der Waals surface area contributed by atoms with Gasteiger partial charge < -0.3 is 0 Å². The van der Waals surface area contributed by atoms with E-state index in [1.54, 1.807) is 39.0 Å². The van der Waals surface area contributed by atoms with E-state index in [9.17, 15) is 8.42 Å². The summed E-state index contributed by atoms with van der Waals surface area (Å²) in [6.45, 7) is 4.95. The van der Waals surface area contributed by atoms with Crippen LogP contribution in [0.2, 0.25) is 0 Å². The second-order valence-electron chi connectivity index (χ2n) is 4.51. The first-order valence-electron chi connectivity index (χ1n) is 4.94. The minimum absolute atomic E-state index is 0.281. The lowest BCUT2D eigenvalue weighted by Gasteiger charge is -2.21. The average Bonchev–Trinajstić information content (AvgIpc) is 2.16. The van der Waals surface area contributed by atoms with Gasteiger partial charge in [0.2, 0.25) is 10.0 Å². The van der Waals surface area contributed by atoms with Crippen molar-refractivity contribution in [1.82, 2.24) is 0 Å². The Kier molecular flexibility index (Phi) is 3.86. The summed E-state index contributed by atoms with van der Waals surface area (Å²) >= 11 is 5.74. The number of nitrogens with one attached hydrogen (secondary N) is 1. The molecule has 0 amide bonds. The third-order valence-electron chi connectivity index (χ3n) is 2.21. The van der Waals surface area contributed by atoms with Gasteiger partial charge in [0.15, 0.2) is 0 Å². The highest BCUT2D eigenvalue weighted by Gasteiger charge is 2.29. The van der Waals surface area contributed by atoms with E-state index in [4.69, 9.17) is 11.6 Å². The van der Waals surface area contributed by atoms with Gasteiger partial charge in [0.1, 0.15) is 0 Å². The molecule has 90 valence electrons. The zero-order chi connectivity index (χ0) is 12.4. The lowest BCUT2D eigenvalue weighted by atomic mass is 10.2. The van der Waals surface area contributed by atoms with Gasteiger partial charge in [-0.2, -0.15) is 0 Å². The van der Waals surface area contributed by atoms with E-state index in [-0.39, 0.29) is 5.88 Å². The molecule has 0 unspecified atom stereocenters. The predicted octanol–water partition coefficient (Wildman–Crippen LogP) is 2.97. The van der Waals surface area contributed by atoms with Crippen LogP contribution in [-0.2, 0) is 15.9 Å². The lowest BCUT2D eigenvalue weighted by Crippen LogP contribution is -2.33. The highest BCUT2D eigenvalue weighted by Crippen LogP contribution is 2.23. The van der Waals surface area contributed by atoms with Crippen molar-refractivity contribution in [2.75, 3.05) is 4.72 Å². The van der Waals surface area contributed by atoms with Gasteiger partial charge in [-0.05, 0) is 32.4 Å². The van der Waals surface area contributed by atoms with Crippen LogP contribution >= 0.6 is 11.6 Å². The van der Waals surface area contributed by atoms with E-state index in [0.29, 0.717) is 5.69 Å². The summed E-state index contributed by atoms with van der Waals surface area (Å²) in [7, 11) is -3.39. The Morgan fingerprint density at radius 3 is 2.31 bits per heavy atom. The van der Waals surface area contributed by atoms with E-state index in [1.165, 1.54) is 0 Å². The average molecular weight is 262 g/mol. The molecule has 0 bridgehead atoms. The number of halogens is 1. The number of para-hydroxylation sites is 1. The van der Waals surface area contributed by atoms with Crippen LogP contribution in [0.15, 0.2) is 24.3 Å². The third kappa shape index (κ3) is 2.89. The van der Waals surface area contributed by atoms with Crippen molar-refractivity contribution in [2.24, 2.45) is 0 Å². The predicted molar refractivity (Wildman–Crippen MR) is 68.3 cm³/mol. The van der Waals surface area contributed by atoms with Crippen LogP contribution in [-0.4, -0.2) is 13.2 Å². The second kappa shape index (κ2) is 4.63. The van der Waals surface area contributed by atoms with E-state index in [0.717, 1.165) is 5.56 Å². The fraction of sp³-hybridized carbons (Fsp3) is 0.455. The van der Waals surface area contributed by atoms with Gasteiger partial charge in [-0.3, -0.25) is 4.72 Å². The van der Waals surface area contributed by atoms with Crippen molar-refractivity contribution >= 4 is 27.3 Å². The highest BCUT2D eigenvalue weighted by atomic mass is 35.5. The molecule has 0 atom stereocenters. The second-order valence-corrected chi connectivity index (χ2v) is 7.21. The fourth-order valence-corrected chi connectivity index (χ4v) is 2.06. The SMILES string of the molecule is CC(C)(C)S(=O)(=O)Nc1ccccc1CCl. The van der Waals surface area contributed by atoms with Gasteiger partial charge in [-0.15, -0.1) is 11.6 Å². The molecule has 0 heterocycles. The molecule has 1 aromatic rings. The van der Waals surface area contributed by atoms with Crippen LogP contribution in [0, 0.1) is 0 Å². The largest absolute Gasteiger partial charge is 0.283 e.